The zero-order valence-corrected chi connectivity index (χ0v) is 10.4. The van der Waals surface area contributed by atoms with Crippen molar-refractivity contribution in [2.45, 2.75) is 32.8 Å². The van der Waals surface area contributed by atoms with E-state index in [0.29, 0.717) is 6.42 Å². The quantitative estimate of drug-likeness (QED) is 0.833. The van der Waals surface area contributed by atoms with Gasteiger partial charge in [0.15, 0.2) is 11.5 Å². The molecular formula is C13H20O3. The Morgan fingerprint density at radius 1 is 1.25 bits per heavy atom. The van der Waals surface area contributed by atoms with Crippen molar-refractivity contribution in [1.82, 2.24) is 0 Å². The van der Waals surface area contributed by atoms with Crippen molar-refractivity contribution in [1.29, 1.82) is 0 Å². The lowest BCUT2D eigenvalue weighted by Crippen LogP contribution is -2.07. The molecule has 3 heteroatoms. The minimum atomic E-state index is -0.384. The number of hydrogen-bond acceptors (Lipinski definition) is 3. The summed E-state index contributed by atoms with van der Waals surface area (Å²) in [6, 6.07) is 4.04. The van der Waals surface area contributed by atoms with Crippen molar-refractivity contribution >= 4 is 0 Å². The maximum atomic E-state index is 9.46. The van der Waals surface area contributed by atoms with Gasteiger partial charge in [-0.1, -0.05) is 13.0 Å². The van der Waals surface area contributed by atoms with Gasteiger partial charge in [-0.05, 0) is 25.0 Å². The van der Waals surface area contributed by atoms with Crippen LogP contribution in [0.4, 0.5) is 0 Å². The number of aliphatic hydroxyl groups excluding tert-OH is 1. The second-order valence-corrected chi connectivity index (χ2v) is 3.90. The van der Waals surface area contributed by atoms with E-state index in [1.54, 1.807) is 21.1 Å². The largest absolute Gasteiger partial charge is 0.493 e. The van der Waals surface area contributed by atoms with Gasteiger partial charge in [0.05, 0.1) is 20.3 Å². The second-order valence-electron chi connectivity index (χ2n) is 3.90. The van der Waals surface area contributed by atoms with E-state index in [2.05, 4.69) is 13.0 Å². The molecule has 0 aromatic heterocycles. The first-order chi connectivity index (χ1) is 7.62. The molecule has 90 valence electrons. The molecule has 1 N–H and O–H groups in total. The Kier molecular flexibility index (Phi) is 4.62. The van der Waals surface area contributed by atoms with Gasteiger partial charge in [-0.3, -0.25) is 0 Å². The summed E-state index contributed by atoms with van der Waals surface area (Å²) in [5.74, 6) is 1.46. The van der Waals surface area contributed by atoms with Crippen LogP contribution in [0.15, 0.2) is 12.1 Å². The van der Waals surface area contributed by atoms with Gasteiger partial charge in [0.1, 0.15) is 0 Å². The molecule has 0 heterocycles. The van der Waals surface area contributed by atoms with Crippen molar-refractivity contribution in [3.05, 3.63) is 23.3 Å². The first-order valence-corrected chi connectivity index (χ1v) is 5.54. The van der Waals surface area contributed by atoms with Gasteiger partial charge < -0.3 is 14.6 Å². The molecule has 0 radical (unpaired) electrons. The van der Waals surface area contributed by atoms with E-state index >= 15 is 0 Å². The summed E-state index contributed by atoms with van der Waals surface area (Å²) >= 11 is 0. The number of rotatable bonds is 5. The molecular weight excluding hydrogens is 204 g/mol. The highest BCUT2D eigenvalue weighted by Crippen LogP contribution is 2.33. The molecule has 3 nitrogen and oxygen atoms in total. The van der Waals surface area contributed by atoms with Gasteiger partial charge in [-0.15, -0.1) is 0 Å². The van der Waals surface area contributed by atoms with E-state index in [4.69, 9.17) is 9.47 Å². The van der Waals surface area contributed by atoms with Crippen molar-refractivity contribution in [2.24, 2.45) is 0 Å². The first kappa shape index (κ1) is 12.8. The van der Waals surface area contributed by atoms with Gasteiger partial charge in [0, 0.05) is 12.0 Å². The summed E-state index contributed by atoms with van der Waals surface area (Å²) in [5.41, 5.74) is 2.18. The van der Waals surface area contributed by atoms with Crippen LogP contribution in [0.1, 0.15) is 25.0 Å². The highest BCUT2D eigenvalue weighted by atomic mass is 16.5. The molecule has 0 aliphatic rings. The molecule has 0 bridgehead atoms. The highest BCUT2D eigenvalue weighted by molar-refractivity contribution is 5.49. The molecule has 0 amide bonds. The van der Waals surface area contributed by atoms with E-state index in [1.807, 2.05) is 6.07 Å². The van der Waals surface area contributed by atoms with E-state index in [9.17, 15) is 5.11 Å². The van der Waals surface area contributed by atoms with Crippen LogP contribution in [0.25, 0.3) is 0 Å². The second kappa shape index (κ2) is 5.75. The Morgan fingerprint density at radius 2 is 1.94 bits per heavy atom. The molecule has 0 saturated heterocycles. The molecule has 0 aliphatic heterocycles. The highest BCUT2D eigenvalue weighted by Gasteiger charge is 2.13. The van der Waals surface area contributed by atoms with Gasteiger partial charge in [-0.25, -0.2) is 0 Å². The average Bonchev–Trinajstić information content (AvgIpc) is 2.27. The van der Waals surface area contributed by atoms with Crippen molar-refractivity contribution in [2.75, 3.05) is 14.2 Å². The minimum Gasteiger partial charge on any atom is -0.493 e. The fourth-order valence-electron chi connectivity index (χ4n) is 1.78. The molecule has 1 atom stereocenters. The minimum absolute atomic E-state index is 0.384. The van der Waals surface area contributed by atoms with Crippen molar-refractivity contribution in [3.8, 4) is 11.5 Å². The smallest absolute Gasteiger partial charge is 0.164 e. The van der Waals surface area contributed by atoms with Crippen LogP contribution < -0.4 is 9.47 Å². The van der Waals surface area contributed by atoms with Gasteiger partial charge >= 0.3 is 0 Å². The van der Waals surface area contributed by atoms with E-state index in [1.165, 1.54) is 5.56 Å². The average molecular weight is 224 g/mol. The van der Waals surface area contributed by atoms with Crippen LogP contribution in [0.2, 0.25) is 0 Å². The number of benzene rings is 1. The molecule has 16 heavy (non-hydrogen) atoms. The molecule has 1 aromatic carbocycles. The number of methoxy groups -OCH3 is 2. The molecule has 0 aliphatic carbocycles. The third kappa shape index (κ3) is 2.89. The van der Waals surface area contributed by atoms with Crippen LogP contribution in [-0.2, 0) is 12.8 Å². The Hall–Kier alpha value is -1.22. The number of hydrogen-bond donors (Lipinski definition) is 1. The molecule has 1 unspecified atom stereocenters. The monoisotopic (exact) mass is 224 g/mol. The van der Waals surface area contributed by atoms with E-state index in [0.717, 1.165) is 23.5 Å². The normalized spacial score (nSPS) is 12.3. The van der Waals surface area contributed by atoms with E-state index in [-0.39, 0.29) is 6.10 Å². The maximum absolute atomic E-state index is 9.46. The third-order valence-corrected chi connectivity index (χ3v) is 2.54. The van der Waals surface area contributed by atoms with Crippen LogP contribution in [0.3, 0.4) is 0 Å². The summed E-state index contributed by atoms with van der Waals surface area (Å²) in [6.45, 7) is 3.86. The maximum Gasteiger partial charge on any atom is 0.164 e. The van der Waals surface area contributed by atoms with Crippen LogP contribution in [0.5, 0.6) is 11.5 Å². The first-order valence-electron chi connectivity index (χ1n) is 5.54. The summed E-state index contributed by atoms with van der Waals surface area (Å²) in [7, 11) is 3.25. The lowest BCUT2D eigenvalue weighted by Gasteiger charge is -2.15. The standard InChI is InChI=1S/C13H20O3/c1-5-10-7-11(6-9(2)14)13(16-4)12(8-10)15-3/h7-9,14H,5-6H2,1-4H3. The third-order valence-electron chi connectivity index (χ3n) is 2.54. The predicted octanol–water partition coefficient (Wildman–Crippen LogP) is 2.19. The van der Waals surface area contributed by atoms with Gasteiger partial charge in [0.25, 0.3) is 0 Å². The summed E-state index contributed by atoms with van der Waals surface area (Å²) in [6.07, 6.45) is 1.13. The Bertz CT molecular complexity index is 345. The Morgan fingerprint density at radius 3 is 2.38 bits per heavy atom. The van der Waals surface area contributed by atoms with Gasteiger partial charge in [0.2, 0.25) is 0 Å². The van der Waals surface area contributed by atoms with Crippen LogP contribution >= 0.6 is 0 Å². The fourth-order valence-corrected chi connectivity index (χ4v) is 1.78. The summed E-state index contributed by atoms with van der Waals surface area (Å²) in [4.78, 5) is 0. The molecule has 0 spiro atoms. The molecule has 0 saturated carbocycles. The molecule has 0 fully saturated rings. The SMILES string of the molecule is CCc1cc(CC(C)O)c(OC)c(OC)c1. The lowest BCUT2D eigenvalue weighted by molar-refractivity contribution is 0.194. The number of aryl methyl sites for hydroxylation is 1. The topological polar surface area (TPSA) is 38.7 Å². The fraction of sp³-hybridized carbons (Fsp3) is 0.538. The zero-order chi connectivity index (χ0) is 12.1. The Labute approximate surface area is 97.0 Å². The van der Waals surface area contributed by atoms with Crippen molar-refractivity contribution in [3.63, 3.8) is 0 Å². The van der Waals surface area contributed by atoms with E-state index < -0.39 is 0 Å². The summed E-state index contributed by atoms with van der Waals surface area (Å²) < 4.78 is 10.6. The Balaban J connectivity index is 3.19. The molecule has 1 aromatic rings. The zero-order valence-electron chi connectivity index (χ0n) is 10.4. The summed E-state index contributed by atoms with van der Waals surface area (Å²) in [5, 5.41) is 9.46. The van der Waals surface area contributed by atoms with Crippen LogP contribution in [-0.4, -0.2) is 25.4 Å². The number of aliphatic hydroxyl groups is 1. The number of ether oxygens (including phenoxy) is 2. The van der Waals surface area contributed by atoms with Crippen molar-refractivity contribution < 1.29 is 14.6 Å². The molecule has 1 rings (SSSR count). The lowest BCUT2D eigenvalue weighted by atomic mass is 10.0. The predicted molar refractivity (Wildman–Crippen MR) is 64.3 cm³/mol. The van der Waals surface area contributed by atoms with Crippen LogP contribution in [0, 0.1) is 0 Å². The van der Waals surface area contributed by atoms with Gasteiger partial charge in [-0.2, -0.15) is 0 Å².